The summed E-state index contributed by atoms with van der Waals surface area (Å²) in [5, 5.41) is 23.5. The lowest BCUT2D eigenvalue weighted by molar-refractivity contribution is 0.473. The zero-order valence-electron chi connectivity index (χ0n) is 14.9. The van der Waals surface area contributed by atoms with E-state index >= 15 is 0 Å². The fourth-order valence-corrected chi connectivity index (χ4v) is 2.94. The number of phenols is 1. The maximum Gasteiger partial charge on any atom is 0.270 e. The maximum atomic E-state index is 12.2. The number of hydrogen-bond acceptors (Lipinski definition) is 6. The highest BCUT2D eigenvalue weighted by atomic mass is 16.3. The molecule has 0 spiro atoms. The molecule has 0 unspecified atom stereocenters. The second-order valence-corrected chi connectivity index (χ2v) is 6.58. The predicted octanol–water partition coefficient (Wildman–Crippen LogP) is 3.34. The van der Waals surface area contributed by atoms with E-state index in [4.69, 9.17) is 0 Å². The lowest BCUT2D eigenvalue weighted by Crippen LogP contribution is -2.16. The number of anilines is 1. The summed E-state index contributed by atoms with van der Waals surface area (Å²) in [5.41, 5.74) is 4.66. The van der Waals surface area contributed by atoms with Crippen LogP contribution in [-0.2, 0) is 0 Å². The van der Waals surface area contributed by atoms with Gasteiger partial charge in [0.25, 0.3) is 5.56 Å². The molecule has 7 nitrogen and oxygen atoms in total. The summed E-state index contributed by atoms with van der Waals surface area (Å²) in [5.74, 6) is 0.814. The summed E-state index contributed by atoms with van der Waals surface area (Å²) in [4.78, 5) is 19.0. The molecule has 0 radical (unpaired) electrons. The van der Waals surface area contributed by atoms with Crippen LogP contribution in [0.2, 0.25) is 0 Å². The molecule has 28 heavy (non-hydrogen) atoms. The molecule has 1 aliphatic rings. The Morgan fingerprint density at radius 2 is 2.04 bits per heavy atom. The van der Waals surface area contributed by atoms with Crippen LogP contribution in [0.5, 0.6) is 5.75 Å². The van der Waals surface area contributed by atoms with Gasteiger partial charge in [0.2, 0.25) is 5.95 Å². The van der Waals surface area contributed by atoms with Gasteiger partial charge in [0.05, 0.1) is 11.9 Å². The van der Waals surface area contributed by atoms with Crippen molar-refractivity contribution in [2.75, 3.05) is 5.43 Å². The standard InChI is InChI=1S/C21H17N5O2/c22-11-17-19(14-4-2-1-3-5-14)24-21(25-20(17)28)26-23-12-16-9-8-15(10-18(16)27)13-6-7-13/h1-5,8-10,12-13,27H,6-7H2,(H2,24,25,26,28). The van der Waals surface area contributed by atoms with Gasteiger partial charge >= 0.3 is 0 Å². The Balaban J connectivity index is 1.58. The minimum absolute atomic E-state index is 0.0611. The van der Waals surface area contributed by atoms with E-state index in [0.717, 1.165) is 18.4 Å². The van der Waals surface area contributed by atoms with Gasteiger partial charge in [0.1, 0.15) is 17.4 Å². The summed E-state index contributed by atoms with van der Waals surface area (Å²) in [6.07, 6.45) is 3.78. The SMILES string of the molecule is N#Cc1c(-c2ccccc2)nc(NN=Cc2ccc(C3CC3)cc2O)[nH]c1=O. The quantitative estimate of drug-likeness (QED) is 0.470. The molecule has 4 rings (SSSR count). The molecule has 1 aromatic heterocycles. The van der Waals surface area contributed by atoms with Gasteiger partial charge in [0.15, 0.2) is 0 Å². The largest absolute Gasteiger partial charge is 0.507 e. The number of nitrogens with one attached hydrogen (secondary N) is 2. The third-order valence-electron chi connectivity index (χ3n) is 4.56. The number of hydrazone groups is 1. The van der Waals surface area contributed by atoms with E-state index in [1.54, 1.807) is 36.4 Å². The third kappa shape index (κ3) is 3.62. The number of aromatic nitrogens is 2. The number of rotatable bonds is 5. The van der Waals surface area contributed by atoms with E-state index in [0.29, 0.717) is 17.0 Å². The zero-order valence-corrected chi connectivity index (χ0v) is 14.9. The van der Waals surface area contributed by atoms with Crippen LogP contribution in [0.15, 0.2) is 58.4 Å². The molecule has 1 fully saturated rings. The fourth-order valence-electron chi connectivity index (χ4n) is 2.94. The zero-order chi connectivity index (χ0) is 19.5. The van der Waals surface area contributed by atoms with E-state index in [1.165, 1.54) is 6.21 Å². The Morgan fingerprint density at radius 1 is 1.25 bits per heavy atom. The first kappa shape index (κ1) is 17.5. The molecule has 0 amide bonds. The van der Waals surface area contributed by atoms with Crippen LogP contribution in [0, 0.1) is 11.3 Å². The maximum absolute atomic E-state index is 12.2. The highest BCUT2D eigenvalue weighted by Gasteiger charge is 2.23. The number of phenolic OH excluding ortho intramolecular Hbond substituents is 1. The number of H-pyrrole nitrogens is 1. The van der Waals surface area contributed by atoms with Crippen LogP contribution in [0.25, 0.3) is 11.3 Å². The van der Waals surface area contributed by atoms with E-state index < -0.39 is 5.56 Å². The van der Waals surface area contributed by atoms with Crippen molar-refractivity contribution in [3.63, 3.8) is 0 Å². The molecule has 0 saturated heterocycles. The monoisotopic (exact) mass is 371 g/mol. The number of aromatic amines is 1. The van der Waals surface area contributed by atoms with Gasteiger partial charge in [-0.05, 0) is 36.5 Å². The predicted molar refractivity (Wildman–Crippen MR) is 106 cm³/mol. The van der Waals surface area contributed by atoms with Crippen LogP contribution in [0.4, 0.5) is 5.95 Å². The number of nitrogens with zero attached hydrogens (tertiary/aromatic N) is 3. The van der Waals surface area contributed by atoms with Crippen molar-refractivity contribution in [1.82, 2.24) is 9.97 Å². The summed E-state index contributed by atoms with van der Waals surface area (Å²) >= 11 is 0. The van der Waals surface area contributed by atoms with Crippen molar-refractivity contribution in [3.05, 3.63) is 75.6 Å². The highest BCUT2D eigenvalue weighted by molar-refractivity contribution is 5.84. The van der Waals surface area contributed by atoms with Gasteiger partial charge < -0.3 is 5.11 Å². The van der Waals surface area contributed by atoms with E-state index in [1.807, 2.05) is 18.2 Å². The lowest BCUT2D eigenvalue weighted by Gasteiger charge is -2.06. The Labute approximate surface area is 161 Å². The molecule has 2 aromatic carbocycles. The van der Waals surface area contributed by atoms with Crippen LogP contribution < -0.4 is 11.0 Å². The first-order chi connectivity index (χ1) is 13.7. The van der Waals surface area contributed by atoms with Gasteiger partial charge in [-0.25, -0.2) is 10.4 Å². The minimum atomic E-state index is -0.550. The second kappa shape index (κ2) is 7.37. The van der Waals surface area contributed by atoms with Gasteiger partial charge in [-0.1, -0.05) is 36.4 Å². The summed E-state index contributed by atoms with van der Waals surface area (Å²) in [6, 6.07) is 16.4. The average Bonchev–Trinajstić information content (AvgIpc) is 3.55. The molecule has 7 heteroatoms. The molecular weight excluding hydrogens is 354 g/mol. The van der Waals surface area contributed by atoms with Crippen LogP contribution >= 0.6 is 0 Å². The van der Waals surface area contributed by atoms with Crippen molar-refractivity contribution in [3.8, 4) is 23.1 Å². The molecule has 0 atom stereocenters. The number of hydrogen-bond donors (Lipinski definition) is 3. The summed E-state index contributed by atoms with van der Waals surface area (Å²) in [6.45, 7) is 0. The first-order valence-corrected chi connectivity index (χ1v) is 8.87. The summed E-state index contributed by atoms with van der Waals surface area (Å²) in [7, 11) is 0. The first-order valence-electron chi connectivity index (χ1n) is 8.87. The van der Waals surface area contributed by atoms with Crippen molar-refractivity contribution >= 4 is 12.2 Å². The average molecular weight is 371 g/mol. The molecule has 3 aromatic rings. The van der Waals surface area contributed by atoms with Gasteiger partial charge in [-0.2, -0.15) is 10.4 Å². The normalized spacial score (nSPS) is 13.4. The van der Waals surface area contributed by atoms with E-state index in [9.17, 15) is 15.2 Å². The van der Waals surface area contributed by atoms with Crippen molar-refractivity contribution in [2.45, 2.75) is 18.8 Å². The molecule has 1 heterocycles. The Hall–Kier alpha value is -3.92. The molecule has 1 aliphatic carbocycles. The number of aromatic hydroxyl groups is 1. The van der Waals surface area contributed by atoms with Crippen molar-refractivity contribution in [1.29, 1.82) is 5.26 Å². The second-order valence-electron chi connectivity index (χ2n) is 6.58. The van der Waals surface area contributed by atoms with Gasteiger partial charge in [-0.3, -0.25) is 9.78 Å². The number of benzene rings is 2. The van der Waals surface area contributed by atoms with E-state index in [-0.39, 0.29) is 23.0 Å². The molecule has 3 N–H and O–H groups in total. The molecule has 0 aliphatic heterocycles. The summed E-state index contributed by atoms with van der Waals surface area (Å²) < 4.78 is 0. The fraction of sp³-hybridized carbons (Fsp3) is 0.143. The van der Waals surface area contributed by atoms with Crippen molar-refractivity contribution in [2.24, 2.45) is 5.10 Å². The van der Waals surface area contributed by atoms with Crippen LogP contribution in [-0.4, -0.2) is 21.3 Å². The molecule has 0 bridgehead atoms. The van der Waals surface area contributed by atoms with Crippen LogP contribution in [0.3, 0.4) is 0 Å². The molecular formula is C21H17N5O2. The lowest BCUT2D eigenvalue weighted by atomic mass is 10.1. The van der Waals surface area contributed by atoms with Gasteiger partial charge in [0, 0.05) is 11.1 Å². The van der Waals surface area contributed by atoms with Crippen LogP contribution in [0.1, 0.15) is 35.4 Å². The Morgan fingerprint density at radius 3 is 2.71 bits per heavy atom. The van der Waals surface area contributed by atoms with E-state index in [2.05, 4.69) is 20.5 Å². The minimum Gasteiger partial charge on any atom is -0.507 e. The van der Waals surface area contributed by atoms with Crippen molar-refractivity contribution < 1.29 is 5.11 Å². The molecule has 1 saturated carbocycles. The van der Waals surface area contributed by atoms with Gasteiger partial charge in [-0.15, -0.1) is 0 Å². The highest BCUT2D eigenvalue weighted by Crippen LogP contribution is 2.41. The molecule has 138 valence electrons. The number of nitriles is 1. The smallest absolute Gasteiger partial charge is 0.270 e. The Kier molecular flexibility index (Phi) is 4.60. The third-order valence-corrected chi connectivity index (χ3v) is 4.56. The Bertz CT molecular complexity index is 1140. The topological polar surface area (TPSA) is 114 Å².